The minimum atomic E-state index is -1.94. The van der Waals surface area contributed by atoms with Crippen LogP contribution in [0.2, 0.25) is 19.6 Å². The average Bonchev–Trinajstić information content (AvgIpc) is 2.18. The van der Waals surface area contributed by atoms with Crippen molar-refractivity contribution in [2.75, 3.05) is 0 Å². The smallest absolute Gasteiger partial charge is 0.186 e. The van der Waals surface area contributed by atoms with Gasteiger partial charge in [0.15, 0.2) is 11.1 Å². The van der Waals surface area contributed by atoms with Crippen LogP contribution in [0, 0.1) is 0 Å². The Morgan fingerprint density at radius 1 is 1.46 bits per heavy atom. The first-order valence-electron chi connectivity index (χ1n) is 4.69. The zero-order valence-electron chi connectivity index (χ0n) is 8.78. The van der Waals surface area contributed by atoms with Gasteiger partial charge in [0.2, 0.25) is 0 Å². The molecule has 1 rings (SSSR count). The van der Waals surface area contributed by atoms with Crippen LogP contribution in [0.25, 0.3) is 0 Å². The molecule has 0 spiro atoms. The third kappa shape index (κ3) is 2.49. The molecule has 0 aliphatic heterocycles. The van der Waals surface area contributed by atoms with Gasteiger partial charge in [-0.3, -0.25) is 0 Å². The van der Waals surface area contributed by atoms with E-state index in [9.17, 15) is 4.21 Å². The Balaban J connectivity index is 3.27. The highest BCUT2D eigenvalue weighted by molar-refractivity contribution is 7.79. The van der Waals surface area contributed by atoms with Gasteiger partial charge in [-0.1, -0.05) is 37.8 Å². The van der Waals surface area contributed by atoms with E-state index in [1.807, 2.05) is 25.2 Å². The molecule has 1 atom stereocenters. The highest BCUT2D eigenvalue weighted by atomic mass is 32.2. The van der Waals surface area contributed by atoms with Gasteiger partial charge in [0.1, 0.15) is 0 Å². The second-order valence-electron chi connectivity index (χ2n) is 3.63. The molecule has 0 aliphatic rings. The molecule has 0 amide bonds. The number of benzene rings is 1. The van der Waals surface area contributed by atoms with E-state index < -0.39 is 19.2 Å². The summed E-state index contributed by atoms with van der Waals surface area (Å²) in [7, 11) is -1.85. The highest BCUT2D eigenvalue weighted by Gasteiger charge is 2.21. The van der Waals surface area contributed by atoms with Crippen molar-refractivity contribution in [3.63, 3.8) is 0 Å². The monoisotopic (exact) mass is 215 g/mol. The van der Waals surface area contributed by atoms with Crippen LogP contribution in [0.3, 0.4) is 0 Å². The van der Waals surface area contributed by atoms with E-state index in [0.717, 1.165) is 5.19 Å². The van der Waals surface area contributed by atoms with Crippen molar-refractivity contribution < 1.29 is 10.1 Å². The average molecular weight is 215 g/mol. The summed E-state index contributed by atoms with van der Waals surface area (Å²) in [6.07, 6.45) is 0. The molecule has 4 heteroatoms. The predicted molar refractivity (Wildman–Crippen MR) is 58.5 cm³/mol. The van der Waals surface area contributed by atoms with E-state index in [-0.39, 0.29) is 0 Å². The second kappa shape index (κ2) is 3.73. The van der Waals surface area contributed by atoms with Gasteiger partial charge in [-0.25, -0.2) is 4.21 Å². The fourth-order valence-electron chi connectivity index (χ4n) is 1.18. The minimum Gasteiger partial charge on any atom is -0.302 e. The molecule has 0 heterocycles. The molecule has 72 valence electrons. The third-order valence-corrected chi connectivity index (χ3v) is 4.61. The van der Waals surface area contributed by atoms with Crippen molar-refractivity contribution in [3.05, 3.63) is 24.3 Å². The third-order valence-electron chi connectivity index (χ3n) is 1.80. The highest BCUT2D eigenvalue weighted by Crippen LogP contribution is 2.09. The molecule has 2 nitrogen and oxygen atoms in total. The Morgan fingerprint density at radius 3 is 2.62 bits per heavy atom. The predicted octanol–water partition coefficient (Wildman–Crippen LogP) is 1.81. The lowest BCUT2D eigenvalue weighted by molar-refractivity contribution is 0.565. The molecule has 1 N–H and O–H groups in total. The van der Waals surface area contributed by atoms with Crippen molar-refractivity contribution >= 4 is 24.3 Å². The summed E-state index contributed by atoms with van der Waals surface area (Å²) in [6.45, 7) is 4.40. The topological polar surface area (TPSA) is 37.3 Å². The van der Waals surface area contributed by atoms with E-state index in [1.54, 1.807) is 12.1 Å². The number of hydrogen-bond donors (Lipinski definition) is 1. The first-order valence-corrected chi connectivity index (χ1v) is 8.30. The number of hydrogen-bond acceptors (Lipinski definition) is 1. The summed E-state index contributed by atoms with van der Waals surface area (Å²) in [4.78, 5) is 0.469. The van der Waals surface area contributed by atoms with Gasteiger partial charge in [0, 0.05) is 1.37 Å². The standard InChI is InChI=1S/C9H14O2SSi/c1-13(2,3)9-7-5-4-6-8(9)12(10)11/h4-7H,1-3H3,(H,10,11)/i1D. The summed E-state index contributed by atoms with van der Waals surface area (Å²) in [5.74, 6) is 0. The summed E-state index contributed by atoms with van der Waals surface area (Å²) >= 11 is -1.94. The maximum atomic E-state index is 11.1. The number of rotatable bonds is 2. The summed E-state index contributed by atoms with van der Waals surface area (Å²) in [5.41, 5.74) is 0. The van der Waals surface area contributed by atoms with E-state index in [0.29, 0.717) is 11.4 Å². The quantitative estimate of drug-likeness (QED) is 0.603. The molecule has 0 bridgehead atoms. The minimum absolute atomic E-state index is 0.335. The van der Waals surface area contributed by atoms with Gasteiger partial charge >= 0.3 is 0 Å². The van der Waals surface area contributed by atoms with E-state index in [4.69, 9.17) is 5.92 Å². The zero-order valence-corrected chi connectivity index (χ0v) is 9.60. The fraction of sp³-hybridized carbons (Fsp3) is 0.333. The molecule has 1 aromatic carbocycles. The van der Waals surface area contributed by atoms with E-state index >= 15 is 0 Å². The Hall–Kier alpha value is -0.453. The summed E-state index contributed by atoms with van der Waals surface area (Å²) in [6, 6.07) is 7.14. The maximum Gasteiger partial charge on any atom is 0.186 e. The first-order chi connectivity index (χ1) is 6.49. The van der Waals surface area contributed by atoms with Crippen LogP contribution in [0.4, 0.5) is 0 Å². The van der Waals surface area contributed by atoms with Gasteiger partial charge < -0.3 is 4.55 Å². The lowest BCUT2D eigenvalue weighted by Crippen LogP contribution is -2.40. The molecule has 1 unspecified atom stereocenters. The van der Waals surface area contributed by atoms with E-state index in [1.165, 1.54) is 0 Å². The first kappa shape index (κ1) is 9.12. The van der Waals surface area contributed by atoms with E-state index in [2.05, 4.69) is 0 Å². The summed E-state index contributed by atoms with van der Waals surface area (Å²) in [5, 5.41) is 0.913. The van der Waals surface area contributed by atoms with Gasteiger partial charge in [0.25, 0.3) is 0 Å². The van der Waals surface area contributed by atoms with Crippen LogP contribution in [0.1, 0.15) is 1.37 Å². The molecule has 0 saturated carbocycles. The molecule has 0 fully saturated rings. The SMILES string of the molecule is [2H]C[Si](C)(C)c1ccccc1S(=O)O. The van der Waals surface area contributed by atoms with Crippen LogP contribution in [-0.4, -0.2) is 16.8 Å². The van der Waals surface area contributed by atoms with Gasteiger partial charge in [-0.05, 0) is 11.3 Å². The normalized spacial score (nSPS) is 15.2. The van der Waals surface area contributed by atoms with Crippen LogP contribution in [-0.2, 0) is 11.1 Å². The zero-order chi connectivity index (χ0) is 10.8. The van der Waals surface area contributed by atoms with Crippen molar-refractivity contribution in [1.29, 1.82) is 0 Å². The second-order valence-corrected chi connectivity index (χ2v) is 8.87. The maximum absolute atomic E-state index is 11.1. The van der Waals surface area contributed by atoms with Crippen molar-refractivity contribution in [3.8, 4) is 0 Å². The molecule has 0 aromatic heterocycles. The van der Waals surface area contributed by atoms with Crippen LogP contribution < -0.4 is 5.19 Å². The molecule has 13 heavy (non-hydrogen) atoms. The van der Waals surface area contributed by atoms with Crippen LogP contribution >= 0.6 is 0 Å². The van der Waals surface area contributed by atoms with Gasteiger partial charge in [-0.2, -0.15) is 0 Å². The lowest BCUT2D eigenvalue weighted by Gasteiger charge is -2.18. The Labute approximate surface area is 83.7 Å². The lowest BCUT2D eigenvalue weighted by atomic mass is 10.4. The molecule has 0 radical (unpaired) electrons. The Kier molecular flexibility index (Phi) is 2.62. The van der Waals surface area contributed by atoms with Crippen molar-refractivity contribution in [1.82, 2.24) is 0 Å². The van der Waals surface area contributed by atoms with Gasteiger partial charge in [-0.15, -0.1) is 0 Å². The molecule has 1 aromatic rings. The fourth-order valence-corrected chi connectivity index (χ4v) is 4.02. The Morgan fingerprint density at radius 2 is 2.08 bits per heavy atom. The molecular weight excluding hydrogens is 200 g/mol. The Bertz CT molecular complexity index is 354. The van der Waals surface area contributed by atoms with Crippen molar-refractivity contribution in [2.24, 2.45) is 0 Å². The molecular formula is C9H14O2SSi. The van der Waals surface area contributed by atoms with Crippen LogP contribution in [0.15, 0.2) is 29.2 Å². The molecule has 0 saturated heterocycles. The largest absolute Gasteiger partial charge is 0.302 e. The van der Waals surface area contributed by atoms with Gasteiger partial charge in [0.05, 0.1) is 13.0 Å². The molecule has 0 aliphatic carbocycles. The van der Waals surface area contributed by atoms with Crippen LogP contribution in [0.5, 0.6) is 0 Å². The summed E-state index contributed by atoms with van der Waals surface area (Å²) < 4.78 is 27.6. The van der Waals surface area contributed by atoms with Crippen molar-refractivity contribution in [2.45, 2.75) is 24.5 Å².